The highest BCUT2D eigenvalue weighted by Crippen LogP contribution is 2.37. The lowest BCUT2D eigenvalue weighted by atomic mass is 9.90. The van der Waals surface area contributed by atoms with Crippen molar-refractivity contribution in [3.63, 3.8) is 0 Å². The number of unbranched alkanes of at least 4 members (excludes halogenated alkanes) is 3. The number of hydrogen-bond donors (Lipinski definition) is 1. The first-order valence-corrected chi connectivity index (χ1v) is 11.9. The molecule has 0 aromatic carbocycles. The number of esters is 3. The standard InChI is InChI=1S/C25H35ClO8/c1-5-6-7-8-9-10-14-25(31)16-20(26)24(30)19(25)15-22(34-18(3)28)21(33-17(2)27)12-11-13-23(29)32-4/h9-10,15-16,21-22,31H,5-8,11-14H2,1-4H3/b10-9?,19-15-. The first-order chi connectivity index (χ1) is 16.0. The van der Waals surface area contributed by atoms with Gasteiger partial charge in [0.15, 0.2) is 6.10 Å². The summed E-state index contributed by atoms with van der Waals surface area (Å²) >= 11 is 6.05. The van der Waals surface area contributed by atoms with Gasteiger partial charge in [0.2, 0.25) is 5.78 Å². The third-order valence-electron chi connectivity index (χ3n) is 5.28. The van der Waals surface area contributed by atoms with Crippen LogP contribution in [0.4, 0.5) is 0 Å². The van der Waals surface area contributed by atoms with E-state index in [0.717, 1.165) is 25.7 Å². The molecule has 0 spiro atoms. The zero-order valence-electron chi connectivity index (χ0n) is 20.3. The van der Waals surface area contributed by atoms with E-state index in [9.17, 15) is 24.3 Å². The van der Waals surface area contributed by atoms with Crippen LogP contribution in [-0.4, -0.2) is 53.7 Å². The Morgan fingerprint density at radius 2 is 1.79 bits per heavy atom. The van der Waals surface area contributed by atoms with Gasteiger partial charge in [0.25, 0.3) is 0 Å². The van der Waals surface area contributed by atoms with Gasteiger partial charge >= 0.3 is 17.9 Å². The Kier molecular flexibility index (Phi) is 12.8. The van der Waals surface area contributed by atoms with Gasteiger partial charge in [0.05, 0.1) is 12.1 Å². The highest BCUT2D eigenvalue weighted by molar-refractivity contribution is 6.46. The Morgan fingerprint density at radius 1 is 1.12 bits per heavy atom. The summed E-state index contributed by atoms with van der Waals surface area (Å²) in [6.45, 7) is 4.49. The van der Waals surface area contributed by atoms with Crippen molar-refractivity contribution < 1.29 is 38.5 Å². The minimum absolute atomic E-state index is 0.0629. The molecule has 1 rings (SSSR count). The van der Waals surface area contributed by atoms with Crippen LogP contribution >= 0.6 is 11.6 Å². The highest BCUT2D eigenvalue weighted by atomic mass is 35.5. The van der Waals surface area contributed by atoms with Gasteiger partial charge in [-0.1, -0.05) is 43.5 Å². The van der Waals surface area contributed by atoms with Crippen LogP contribution in [0.2, 0.25) is 0 Å². The van der Waals surface area contributed by atoms with E-state index >= 15 is 0 Å². The van der Waals surface area contributed by atoms with Gasteiger partial charge in [0.1, 0.15) is 11.7 Å². The molecule has 190 valence electrons. The zero-order valence-corrected chi connectivity index (χ0v) is 21.1. The summed E-state index contributed by atoms with van der Waals surface area (Å²) in [6.07, 6.45) is 8.77. The molecule has 0 bridgehead atoms. The Hall–Kier alpha value is -2.45. The summed E-state index contributed by atoms with van der Waals surface area (Å²) in [5.41, 5.74) is -1.76. The third kappa shape index (κ3) is 9.81. The fraction of sp³-hybridized carbons (Fsp3) is 0.600. The molecule has 0 heterocycles. The number of allylic oxidation sites excluding steroid dienone is 2. The first kappa shape index (κ1) is 29.6. The molecule has 0 aromatic rings. The van der Waals surface area contributed by atoms with Gasteiger partial charge < -0.3 is 19.3 Å². The van der Waals surface area contributed by atoms with Gasteiger partial charge in [-0.15, -0.1) is 0 Å². The van der Waals surface area contributed by atoms with Crippen LogP contribution in [-0.2, 0) is 33.4 Å². The van der Waals surface area contributed by atoms with Crippen LogP contribution in [0.3, 0.4) is 0 Å². The van der Waals surface area contributed by atoms with Crippen molar-refractivity contribution in [1.82, 2.24) is 0 Å². The molecule has 1 aliphatic rings. The number of ketones is 1. The van der Waals surface area contributed by atoms with Crippen molar-refractivity contribution in [1.29, 1.82) is 0 Å². The number of ether oxygens (including phenoxy) is 3. The highest BCUT2D eigenvalue weighted by Gasteiger charge is 2.42. The second-order valence-electron chi connectivity index (χ2n) is 8.19. The average Bonchev–Trinajstić information content (AvgIpc) is 2.97. The van der Waals surface area contributed by atoms with Gasteiger partial charge in [-0.05, 0) is 37.8 Å². The lowest BCUT2D eigenvalue weighted by Crippen LogP contribution is -2.36. The molecule has 0 aliphatic heterocycles. The number of halogens is 1. The SMILES string of the molecule is CCCCCC=CCC1(O)C=C(Cl)C(=O)/C1=C/C(OC(C)=O)C(CCCC(=O)OC)OC(C)=O. The second kappa shape index (κ2) is 14.7. The first-order valence-electron chi connectivity index (χ1n) is 11.5. The molecule has 8 nitrogen and oxygen atoms in total. The molecule has 0 fully saturated rings. The minimum atomic E-state index is -1.69. The van der Waals surface area contributed by atoms with Gasteiger partial charge in [0, 0.05) is 32.3 Å². The lowest BCUT2D eigenvalue weighted by Gasteiger charge is -2.27. The molecule has 34 heavy (non-hydrogen) atoms. The van der Waals surface area contributed by atoms with Crippen LogP contribution in [0, 0.1) is 0 Å². The average molecular weight is 499 g/mol. The smallest absolute Gasteiger partial charge is 0.305 e. The molecule has 0 saturated carbocycles. The summed E-state index contributed by atoms with van der Waals surface area (Å²) in [5, 5.41) is 11.1. The minimum Gasteiger partial charge on any atom is -0.469 e. The maximum Gasteiger partial charge on any atom is 0.305 e. The molecule has 9 heteroatoms. The molecular weight excluding hydrogens is 464 g/mol. The van der Waals surface area contributed by atoms with Crippen LogP contribution in [0.25, 0.3) is 0 Å². The number of carbonyl (C=O) groups is 4. The van der Waals surface area contributed by atoms with Crippen molar-refractivity contribution in [3.8, 4) is 0 Å². The maximum atomic E-state index is 12.7. The van der Waals surface area contributed by atoms with Crippen molar-refractivity contribution in [2.24, 2.45) is 0 Å². The number of aliphatic hydroxyl groups is 1. The van der Waals surface area contributed by atoms with Gasteiger partial charge in [-0.2, -0.15) is 0 Å². The third-order valence-corrected chi connectivity index (χ3v) is 5.56. The van der Waals surface area contributed by atoms with E-state index in [-0.39, 0.29) is 36.3 Å². The summed E-state index contributed by atoms with van der Waals surface area (Å²) in [4.78, 5) is 47.7. The van der Waals surface area contributed by atoms with E-state index < -0.39 is 41.5 Å². The van der Waals surface area contributed by atoms with Crippen molar-refractivity contribution in [2.75, 3.05) is 7.11 Å². The molecule has 0 aromatic heterocycles. The summed E-state index contributed by atoms with van der Waals surface area (Å²) < 4.78 is 15.3. The predicted molar refractivity (Wildman–Crippen MR) is 127 cm³/mol. The van der Waals surface area contributed by atoms with Gasteiger partial charge in [-0.25, -0.2) is 0 Å². The quantitative estimate of drug-likeness (QED) is 0.125. The number of methoxy groups -OCH3 is 1. The number of rotatable bonds is 14. The normalized spacial score (nSPS) is 20.8. The summed E-state index contributed by atoms with van der Waals surface area (Å²) in [7, 11) is 1.26. The Balaban J connectivity index is 3.20. The van der Waals surface area contributed by atoms with E-state index in [2.05, 4.69) is 11.7 Å². The van der Waals surface area contributed by atoms with Crippen molar-refractivity contribution in [3.05, 3.63) is 34.9 Å². The van der Waals surface area contributed by atoms with Crippen molar-refractivity contribution in [2.45, 2.75) is 89.9 Å². The number of hydrogen-bond acceptors (Lipinski definition) is 8. The topological polar surface area (TPSA) is 116 Å². The number of Topliss-reactive ketones (excluding diaryl/α,β-unsaturated/α-hetero) is 1. The Bertz CT molecular complexity index is 829. The van der Waals surface area contributed by atoms with Crippen LogP contribution in [0.5, 0.6) is 0 Å². The van der Waals surface area contributed by atoms with Gasteiger partial charge in [-0.3, -0.25) is 19.2 Å². The lowest BCUT2D eigenvalue weighted by molar-refractivity contribution is -0.162. The van der Waals surface area contributed by atoms with Crippen molar-refractivity contribution >= 4 is 35.3 Å². The molecule has 1 aliphatic carbocycles. The second-order valence-corrected chi connectivity index (χ2v) is 8.59. The van der Waals surface area contributed by atoms with E-state index in [0.29, 0.717) is 0 Å². The fourth-order valence-corrected chi connectivity index (χ4v) is 3.87. The van der Waals surface area contributed by atoms with E-state index in [1.54, 1.807) is 6.08 Å². The summed E-state index contributed by atoms with van der Waals surface area (Å²) in [5.74, 6) is -2.34. The largest absolute Gasteiger partial charge is 0.469 e. The molecule has 1 N–H and O–H groups in total. The number of carbonyl (C=O) groups excluding carboxylic acids is 4. The molecular formula is C25H35ClO8. The van der Waals surface area contributed by atoms with E-state index in [4.69, 9.17) is 21.1 Å². The van der Waals surface area contributed by atoms with E-state index in [1.807, 2.05) is 6.08 Å². The van der Waals surface area contributed by atoms with Crippen LogP contribution in [0.1, 0.15) is 72.1 Å². The van der Waals surface area contributed by atoms with Crippen LogP contribution in [0.15, 0.2) is 34.9 Å². The molecule has 0 saturated heterocycles. The van der Waals surface area contributed by atoms with Crippen LogP contribution < -0.4 is 0 Å². The summed E-state index contributed by atoms with van der Waals surface area (Å²) in [6, 6.07) is 0. The van der Waals surface area contributed by atoms with E-state index in [1.165, 1.54) is 33.1 Å². The monoisotopic (exact) mass is 498 g/mol. The predicted octanol–water partition coefficient (Wildman–Crippen LogP) is 4.08. The zero-order chi connectivity index (χ0) is 25.7. The Labute approximate surface area is 206 Å². The molecule has 3 unspecified atom stereocenters. The maximum absolute atomic E-state index is 12.7. The molecule has 3 atom stereocenters. The molecule has 0 amide bonds. The molecule has 0 radical (unpaired) electrons. The fourth-order valence-electron chi connectivity index (χ4n) is 3.59. The Morgan fingerprint density at radius 3 is 2.38 bits per heavy atom.